The Kier molecular flexibility index (Phi) is 4.67. The number of amides is 2. The van der Waals surface area contributed by atoms with Gasteiger partial charge >= 0.3 is 0 Å². The number of benzene rings is 2. The first kappa shape index (κ1) is 17.0. The van der Waals surface area contributed by atoms with Crippen molar-refractivity contribution in [2.24, 2.45) is 0 Å². The lowest BCUT2D eigenvalue weighted by Crippen LogP contribution is -2.27. The van der Waals surface area contributed by atoms with E-state index in [0.29, 0.717) is 26.8 Å². The van der Waals surface area contributed by atoms with Gasteiger partial charge in [-0.3, -0.25) is 9.59 Å². The molecule has 3 rings (SSSR count). The minimum absolute atomic E-state index is 0.257. The zero-order valence-corrected chi connectivity index (χ0v) is 14.7. The van der Waals surface area contributed by atoms with Crippen LogP contribution in [0, 0.1) is 5.82 Å². The van der Waals surface area contributed by atoms with Gasteiger partial charge in [0.05, 0.1) is 20.6 Å². The highest BCUT2D eigenvalue weighted by molar-refractivity contribution is 8.19. The van der Waals surface area contributed by atoms with Gasteiger partial charge < -0.3 is 0 Å². The van der Waals surface area contributed by atoms with Gasteiger partial charge in [0.25, 0.3) is 11.1 Å². The molecular weight excluding hydrogens is 372 g/mol. The standard InChI is InChI=1S/C17H10Cl2FNO2S/c1-9(10-2-4-11(20)5-3-10)15-16(22)21(17(23)24-15)12-6-7-13(18)14(19)8-12/h2-8H,1H3/b15-9-. The fourth-order valence-electron chi connectivity index (χ4n) is 2.28. The van der Waals surface area contributed by atoms with E-state index in [1.165, 1.54) is 24.3 Å². The molecule has 2 amide bonds. The lowest BCUT2D eigenvalue weighted by Gasteiger charge is -2.13. The molecule has 1 heterocycles. The van der Waals surface area contributed by atoms with Crippen LogP contribution >= 0.6 is 35.0 Å². The predicted molar refractivity (Wildman–Crippen MR) is 95.9 cm³/mol. The van der Waals surface area contributed by atoms with Crippen LogP contribution in [0.3, 0.4) is 0 Å². The zero-order chi connectivity index (χ0) is 17.4. The largest absolute Gasteiger partial charge is 0.298 e. The highest BCUT2D eigenvalue weighted by Crippen LogP contribution is 2.40. The Hall–Kier alpha value is -1.82. The van der Waals surface area contributed by atoms with E-state index >= 15 is 0 Å². The minimum Gasteiger partial charge on any atom is -0.268 e. The molecule has 1 fully saturated rings. The van der Waals surface area contributed by atoms with E-state index in [9.17, 15) is 14.0 Å². The molecule has 0 radical (unpaired) electrons. The van der Waals surface area contributed by atoms with Crippen LogP contribution in [-0.4, -0.2) is 11.1 Å². The molecule has 1 aliphatic heterocycles. The minimum atomic E-state index is -0.440. The van der Waals surface area contributed by atoms with E-state index in [0.717, 1.165) is 16.7 Å². The average Bonchev–Trinajstić information content (AvgIpc) is 2.85. The summed E-state index contributed by atoms with van der Waals surface area (Å²) in [6, 6.07) is 10.3. The maximum Gasteiger partial charge on any atom is 0.298 e. The number of anilines is 1. The van der Waals surface area contributed by atoms with Gasteiger partial charge in [0.15, 0.2) is 0 Å². The molecule has 0 atom stereocenters. The maximum absolute atomic E-state index is 13.0. The van der Waals surface area contributed by atoms with Gasteiger partial charge in [0.1, 0.15) is 5.82 Å². The highest BCUT2D eigenvalue weighted by atomic mass is 35.5. The Morgan fingerprint density at radius 3 is 2.33 bits per heavy atom. The monoisotopic (exact) mass is 381 g/mol. The Labute approximate surface area is 152 Å². The number of hydrogen-bond acceptors (Lipinski definition) is 3. The molecule has 2 aromatic carbocycles. The van der Waals surface area contributed by atoms with E-state index in [2.05, 4.69) is 0 Å². The summed E-state index contributed by atoms with van der Waals surface area (Å²) in [7, 11) is 0. The van der Waals surface area contributed by atoms with Crippen molar-refractivity contribution >= 4 is 57.4 Å². The van der Waals surface area contributed by atoms with Crippen LogP contribution in [0.15, 0.2) is 47.4 Å². The molecule has 3 nitrogen and oxygen atoms in total. The van der Waals surface area contributed by atoms with Crippen molar-refractivity contribution in [3.05, 3.63) is 68.8 Å². The molecule has 0 aromatic heterocycles. The van der Waals surface area contributed by atoms with Gasteiger partial charge in [0.2, 0.25) is 0 Å². The molecule has 0 unspecified atom stereocenters. The van der Waals surface area contributed by atoms with Crippen molar-refractivity contribution in [1.29, 1.82) is 0 Å². The number of allylic oxidation sites excluding steroid dienone is 1. The quantitative estimate of drug-likeness (QED) is 0.620. The molecule has 0 N–H and O–H groups in total. The van der Waals surface area contributed by atoms with E-state index in [-0.39, 0.29) is 10.8 Å². The topological polar surface area (TPSA) is 37.4 Å². The summed E-state index contributed by atoms with van der Waals surface area (Å²) in [4.78, 5) is 26.3. The first-order valence-electron chi connectivity index (χ1n) is 6.86. The summed E-state index contributed by atoms with van der Waals surface area (Å²) in [5.74, 6) is -0.805. The smallest absolute Gasteiger partial charge is 0.268 e. The van der Waals surface area contributed by atoms with Gasteiger partial charge in [-0.25, -0.2) is 9.29 Å². The second-order valence-electron chi connectivity index (χ2n) is 5.07. The third-order valence-electron chi connectivity index (χ3n) is 3.55. The predicted octanol–water partition coefficient (Wildman–Crippen LogP) is 5.76. The Morgan fingerprint density at radius 2 is 1.71 bits per heavy atom. The summed E-state index contributed by atoms with van der Waals surface area (Å²) >= 11 is 12.7. The van der Waals surface area contributed by atoms with Crippen molar-refractivity contribution in [1.82, 2.24) is 0 Å². The van der Waals surface area contributed by atoms with Gasteiger partial charge in [-0.2, -0.15) is 0 Å². The van der Waals surface area contributed by atoms with Gasteiger partial charge in [0, 0.05) is 0 Å². The van der Waals surface area contributed by atoms with Gasteiger partial charge in [-0.05, 0) is 60.2 Å². The third-order valence-corrected chi connectivity index (χ3v) is 5.33. The molecule has 0 spiro atoms. The molecule has 0 saturated carbocycles. The van der Waals surface area contributed by atoms with E-state index in [1.807, 2.05) is 0 Å². The average molecular weight is 382 g/mol. The molecule has 24 heavy (non-hydrogen) atoms. The molecule has 122 valence electrons. The molecular formula is C17H10Cl2FNO2S. The van der Waals surface area contributed by atoms with Crippen LogP contribution in [0.2, 0.25) is 10.0 Å². The second kappa shape index (κ2) is 6.59. The zero-order valence-electron chi connectivity index (χ0n) is 12.3. The normalized spacial score (nSPS) is 16.8. The van der Waals surface area contributed by atoms with Crippen LogP contribution < -0.4 is 4.90 Å². The number of carbonyl (C=O) groups excluding carboxylic acids is 2. The fourth-order valence-corrected chi connectivity index (χ4v) is 3.47. The number of halogens is 3. The third kappa shape index (κ3) is 3.07. The molecule has 2 aromatic rings. The summed E-state index contributed by atoms with van der Waals surface area (Å²) in [6.45, 7) is 1.72. The number of imide groups is 1. The Bertz CT molecular complexity index is 881. The lowest BCUT2D eigenvalue weighted by atomic mass is 10.1. The molecule has 0 aliphatic carbocycles. The molecule has 0 bridgehead atoms. The Morgan fingerprint density at radius 1 is 1.04 bits per heavy atom. The fraction of sp³-hybridized carbons (Fsp3) is 0.0588. The van der Waals surface area contributed by atoms with Crippen LogP contribution in [0.4, 0.5) is 14.9 Å². The molecule has 7 heteroatoms. The number of carbonyl (C=O) groups is 2. The summed E-state index contributed by atoms with van der Waals surface area (Å²) < 4.78 is 13.0. The first-order chi connectivity index (χ1) is 11.4. The lowest BCUT2D eigenvalue weighted by molar-refractivity contribution is -0.113. The van der Waals surface area contributed by atoms with Crippen molar-refractivity contribution in [2.75, 3.05) is 4.90 Å². The van der Waals surface area contributed by atoms with Crippen LogP contribution in [0.5, 0.6) is 0 Å². The van der Waals surface area contributed by atoms with E-state index in [4.69, 9.17) is 23.2 Å². The van der Waals surface area contributed by atoms with Crippen LogP contribution in [0.25, 0.3) is 5.57 Å². The summed E-state index contributed by atoms with van der Waals surface area (Å²) in [5, 5.41) is 0.174. The number of hydrogen-bond donors (Lipinski definition) is 0. The van der Waals surface area contributed by atoms with Gasteiger partial charge in [-0.1, -0.05) is 35.3 Å². The van der Waals surface area contributed by atoms with Crippen LogP contribution in [-0.2, 0) is 4.79 Å². The van der Waals surface area contributed by atoms with E-state index in [1.54, 1.807) is 25.1 Å². The van der Waals surface area contributed by atoms with E-state index < -0.39 is 11.1 Å². The maximum atomic E-state index is 13.0. The van der Waals surface area contributed by atoms with Crippen LogP contribution in [0.1, 0.15) is 12.5 Å². The molecule has 1 aliphatic rings. The second-order valence-corrected chi connectivity index (χ2v) is 6.84. The number of rotatable bonds is 2. The molecule has 1 saturated heterocycles. The first-order valence-corrected chi connectivity index (χ1v) is 8.44. The van der Waals surface area contributed by atoms with Crippen molar-refractivity contribution in [2.45, 2.75) is 6.92 Å². The van der Waals surface area contributed by atoms with Crippen molar-refractivity contribution < 1.29 is 14.0 Å². The summed E-state index contributed by atoms with van der Waals surface area (Å²) in [5.41, 5.74) is 1.64. The summed E-state index contributed by atoms with van der Waals surface area (Å²) in [6.07, 6.45) is 0. The highest BCUT2D eigenvalue weighted by Gasteiger charge is 2.37. The van der Waals surface area contributed by atoms with Crippen molar-refractivity contribution in [3.8, 4) is 0 Å². The Balaban J connectivity index is 2.00. The SMILES string of the molecule is C/C(=C1/SC(=O)N(c2ccc(Cl)c(Cl)c2)C1=O)c1ccc(F)cc1. The van der Waals surface area contributed by atoms with Gasteiger partial charge in [-0.15, -0.1) is 0 Å². The number of nitrogens with zero attached hydrogens (tertiary/aromatic N) is 1. The number of thioether (sulfide) groups is 1. The van der Waals surface area contributed by atoms with Crippen molar-refractivity contribution in [3.63, 3.8) is 0 Å².